The molecular formula is C25H24N6OS. The molecule has 0 saturated carbocycles. The van der Waals surface area contributed by atoms with E-state index in [1.807, 2.05) is 58.6 Å². The number of rotatable bonds is 6. The van der Waals surface area contributed by atoms with Gasteiger partial charge in [0.1, 0.15) is 5.52 Å². The van der Waals surface area contributed by atoms with Crippen molar-refractivity contribution < 1.29 is 4.79 Å². The van der Waals surface area contributed by atoms with Crippen LogP contribution in [0.15, 0.2) is 66.1 Å². The van der Waals surface area contributed by atoms with Gasteiger partial charge in [0.05, 0.1) is 11.4 Å². The van der Waals surface area contributed by atoms with Crippen LogP contribution in [0.4, 0.5) is 0 Å². The number of fused-ring (bicyclic) bond motifs is 3. The summed E-state index contributed by atoms with van der Waals surface area (Å²) in [4.78, 5) is 12.3. The number of nitrogens with zero attached hydrogens (tertiary/aromatic N) is 5. The SMILES string of the molecule is Cc1ccc(CNC(=O)CSc2nnc3c4cc(-c5cc(C)ccc5C)nn4ccn23)cc1. The van der Waals surface area contributed by atoms with E-state index in [0.717, 1.165) is 22.3 Å². The maximum atomic E-state index is 12.3. The second-order valence-electron chi connectivity index (χ2n) is 8.20. The molecule has 5 aromatic rings. The Morgan fingerprint density at radius 2 is 1.76 bits per heavy atom. The van der Waals surface area contributed by atoms with Gasteiger partial charge in [-0.1, -0.05) is 59.3 Å². The molecule has 33 heavy (non-hydrogen) atoms. The maximum Gasteiger partial charge on any atom is 0.230 e. The van der Waals surface area contributed by atoms with Crippen molar-refractivity contribution in [3.63, 3.8) is 0 Å². The quantitative estimate of drug-likeness (QED) is 0.384. The minimum atomic E-state index is -0.0417. The first-order valence-electron chi connectivity index (χ1n) is 10.7. The van der Waals surface area contributed by atoms with Crippen LogP contribution in [0.25, 0.3) is 22.4 Å². The predicted molar refractivity (Wildman–Crippen MR) is 130 cm³/mol. The highest BCUT2D eigenvalue weighted by Gasteiger charge is 2.15. The molecule has 0 spiro atoms. The Morgan fingerprint density at radius 3 is 2.58 bits per heavy atom. The van der Waals surface area contributed by atoms with Gasteiger partial charge >= 0.3 is 0 Å². The normalized spacial score (nSPS) is 11.4. The van der Waals surface area contributed by atoms with Crippen molar-refractivity contribution in [2.24, 2.45) is 0 Å². The lowest BCUT2D eigenvalue weighted by Gasteiger charge is -2.05. The Hall–Kier alpha value is -3.65. The number of nitrogens with one attached hydrogen (secondary N) is 1. The first-order valence-corrected chi connectivity index (χ1v) is 11.7. The number of hydrogen-bond donors (Lipinski definition) is 1. The fraction of sp³-hybridized carbons (Fsp3) is 0.200. The number of amides is 1. The lowest BCUT2D eigenvalue weighted by Crippen LogP contribution is -2.24. The van der Waals surface area contributed by atoms with E-state index in [1.165, 1.54) is 28.5 Å². The molecule has 0 aliphatic heterocycles. The number of carbonyl (C=O) groups is 1. The van der Waals surface area contributed by atoms with Gasteiger partial charge in [-0.2, -0.15) is 5.10 Å². The molecule has 3 aromatic heterocycles. The summed E-state index contributed by atoms with van der Waals surface area (Å²) in [5.74, 6) is 0.227. The van der Waals surface area contributed by atoms with Gasteiger partial charge < -0.3 is 5.32 Å². The van der Waals surface area contributed by atoms with Gasteiger partial charge in [0.2, 0.25) is 5.91 Å². The molecular weight excluding hydrogens is 432 g/mol. The van der Waals surface area contributed by atoms with Crippen LogP contribution >= 0.6 is 11.8 Å². The highest BCUT2D eigenvalue weighted by molar-refractivity contribution is 7.99. The second-order valence-corrected chi connectivity index (χ2v) is 9.15. The number of carbonyl (C=O) groups excluding carboxylic acids is 1. The summed E-state index contributed by atoms with van der Waals surface area (Å²) in [7, 11) is 0. The van der Waals surface area contributed by atoms with Crippen molar-refractivity contribution in [2.75, 3.05) is 5.75 Å². The smallest absolute Gasteiger partial charge is 0.230 e. The Labute approximate surface area is 195 Å². The molecule has 0 fully saturated rings. The van der Waals surface area contributed by atoms with Crippen molar-refractivity contribution in [1.29, 1.82) is 0 Å². The summed E-state index contributed by atoms with van der Waals surface area (Å²) in [5.41, 5.74) is 8.24. The molecule has 5 rings (SSSR count). The van der Waals surface area contributed by atoms with Gasteiger partial charge in [0.15, 0.2) is 10.8 Å². The van der Waals surface area contributed by atoms with Crippen LogP contribution in [0.1, 0.15) is 22.3 Å². The van der Waals surface area contributed by atoms with Crippen LogP contribution in [0.3, 0.4) is 0 Å². The van der Waals surface area contributed by atoms with E-state index in [4.69, 9.17) is 5.10 Å². The molecule has 166 valence electrons. The molecule has 0 unspecified atom stereocenters. The van der Waals surface area contributed by atoms with Gasteiger partial charge in [-0.05, 0) is 44.0 Å². The summed E-state index contributed by atoms with van der Waals surface area (Å²) in [6.07, 6.45) is 3.77. The lowest BCUT2D eigenvalue weighted by atomic mass is 10.0. The standard InChI is InChI=1S/C25H24N6OS/c1-16-5-8-19(9-6-16)14-26-23(32)15-33-25-28-27-24-22-13-21(29-31(22)11-10-30(24)25)20-12-17(2)4-7-18(20)3/h4-13H,14-15H2,1-3H3,(H,26,32). The Kier molecular flexibility index (Phi) is 5.60. The highest BCUT2D eigenvalue weighted by atomic mass is 32.2. The monoisotopic (exact) mass is 456 g/mol. The molecule has 8 heteroatoms. The van der Waals surface area contributed by atoms with E-state index < -0.39 is 0 Å². The molecule has 7 nitrogen and oxygen atoms in total. The largest absolute Gasteiger partial charge is 0.351 e. The number of benzene rings is 2. The average molecular weight is 457 g/mol. The van der Waals surface area contributed by atoms with Crippen molar-refractivity contribution in [3.05, 3.63) is 83.2 Å². The van der Waals surface area contributed by atoms with Gasteiger partial charge in [-0.3, -0.25) is 9.20 Å². The van der Waals surface area contributed by atoms with Crippen molar-refractivity contribution in [2.45, 2.75) is 32.5 Å². The third-order valence-electron chi connectivity index (χ3n) is 5.60. The molecule has 0 radical (unpaired) electrons. The van der Waals surface area contributed by atoms with Gasteiger partial charge in [0, 0.05) is 24.5 Å². The summed E-state index contributed by atoms with van der Waals surface area (Å²) in [5, 5.41) is 17.1. The summed E-state index contributed by atoms with van der Waals surface area (Å²) in [6, 6.07) is 16.5. The van der Waals surface area contributed by atoms with Crippen LogP contribution in [-0.4, -0.2) is 35.9 Å². The van der Waals surface area contributed by atoms with E-state index in [1.54, 1.807) is 0 Å². The van der Waals surface area contributed by atoms with E-state index in [9.17, 15) is 4.79 Å². The first kappa shape index (κ1) is 21.2. The van der Waals surface area contributed by atoms with Gasteiger partial charge in [-0.25, -0.2) is 4.52 Å². The summed E-state index contributed by atoms with van der Waals surface area (Å²) >= 11 is 1.37. The van der Waals surface area contributed by atoms with E-state index in [2.05, 4.69) is 47.6 Å². The van der Waals surface area contributed by atoms with Crippen LogP contribution in [-0.2, 0) is 11.3 Å². The van der Waals surface area contributed by atoms with Crippen LogP contribution in [0, 0.1) is 20.8 Å². The zero-order valence-corrected chi connectivity index (χ0v) is 19.6. The maximum absolute atomic E-state index is 12.3. The second kappa shape index (κ2) is 8.71. The fourth-order valence-corrected chi connectivity index (χ4v) is 4.47. The Bertz CT molecular complexity index is 1470. The van der Waals surface area contributed by atoms with Gasteiger partial charge in [-0.15, -0.1) is 10.2 Å². The third-order valence-corrected chi connectivity index (χ3v) is 6.54. The van der Waals surface area contributed by atoms with E-state index >= 15 is 0 Å². The van der Waals surface area contributed by atoms with Crippen molar-refractivity contribution in [3.8, 4) is 11.3 Å². The topological polar surface area (TPSA) is 76.6 Å². The molecule has 0 bridgehead atoms. The zero-order valence-electron chi connectivity index (χ0n) is 18.7. The molecule has 0 atom stereocenters. The Morgan fingerprint density at radius 1 is 0.970 bits per heavy atom. The molecule has 0 aliphatic rings. The molecule has 0 saturated heterocycles. The van der Waals surface area contributed by atoms with E-state index in [0.29, 0.717) is 17.3 Å². The van der Waals surface area contributed by atoms with Crippen LogP contribution in [0.5, 0.6) is 0 Å². The third kappa shape index (κ3) is 4.34. The Balaban J connectivity index is 1.33. The molecule has 3 heterocycles. The number of thioether (sulfide) groups is 1. The molecule has 1 N–H and O–H groups in total. The number of aryl methyl sites for hydroxylation is 3. The summed E-state index contributed by atoms with van der Waals surface area (Å²) < 4.78 is 3.73. The number of hydrogen-bond acceptors (Lipinski definition) is 5. The minimum Gasteiger partial charge on any atom is -0.351 e. The molecule has 1 amide bonds. The minimum absolute atomic E-state index is 0.0417. The highest BCUT2D eigenvalue weighted by Crippen LogP contribution is 2.27. The summed E-state index contributed by atoms with van der Waals surface area (Å²) in [6.45, 7) is 6.72. The lowest BCUT2D eigenvalue weighted by molar-refractivity contribution is -0.118. The fourth-order valence-electron chi connectivity index (χ4n) is 3.72. The predicted octanol–water partition coefficient (Wildman–Crippen LogP) is 4.38. The van der Waals surface area contributed by atoms with Crippen LogP contribution < -0.4 is 5.32 Å². The van der Waals surface area contributed by atoms with Crippen LogP contribution in [0.2, 0.25) is 0 Å². The van der Waals surface area contributed by atoms with Crippen molar-refractivity contribution >= 4 is 28.8 Å². The zero-order chi connectivity index (χ0) is 22.9. The van der Waals surface area contributed by atoms with Gasteiger partial charge in [0.25, 0.3) is 0 Å². The van der Waals surface area contributed by atoms with Crippen molar-refractivity contribution in [1.82, 2.24) is 29.5 Å². The molecule has 2 aromatic carbocycles. The average Bonchev–Trinajstić information content (AvgIpc) is 3.42. The first-order chi connectivity index (χ1) is 16.0. The molecule has 0 aliphatic carbocycles. The number of aromatic nitrogens is 5. The van der Waals surface area contributed by atoms with E-state index in [-0.39, 0.29) is 11.7 Å².